The molecule has 16 nitrogen and oxygen atoms in total. The number of azo groups is 2. The standard InChI is InChI=1S/C40H40N6O10S2.2Na/c1-5-11-55-33-19-29(21(3)13-31(33)43-45-37-35(57(49,50)51)17-23-15-25(41)7-9-27(23)39(37)47)30-20-34(56-12-6-2)32(14-22(30)4)44-46-38-36(58(52,53)54)18-24-16-26(42)8-10-28(24)40(38)48;;/h7-10,13-20,47-48H,5-6,11-12,41-42H2,1-4H3,(H,49,50,51)(H,52,53,54);;. The first-order valence-electron chi connectivity index (χ1n) is 17.8. The van der Waals surface area contributed by atoms with Gasteiger partial charge in [-0.25, -0.2) is 0 Å². The van der Waals surface area contributed by atoms with Crippen molar-refractivity contribution in [1.29, 1.82) is 0 Å². The van der Waals surface area contributed by atoms with Gasteiger partial charge in [0.15, 0.2) is 11.5 Å². The molecule has 6 rings (SSSR count). The van der Waals surface area contributed by atoms with Gasteiger partial charge >= 0.3 is 0 Å². The van der Waals surface area contributed by atoms with E-state index in [1.807, 2.05) is 27.7 Å². The summed E-state index contributed by atoms with van der Waals surface area (Å²) in [5, 5.41) is 40.0. The van der Waals surface area contributed by atoms with Gasteiger partial charge < -0.3 is 31.2 Å². The summed E-state index contributed by atoms with van der Waals surface area (Å²) in [5.41, 5.74) is 14.5. The van der Waals surface area contributed by atoms with Crippen molar-refractivity contribution in [3.05, 3.63) is 83.9 Å². The van der Waals surface area contributed by atoms with Crippen molar-refractivity contribution in [1.82, 2.24) is 0 Å². The monoisotopic (exact) mass is 874 g/mol. The summed E-state index contributed by atoms with van der Waals surface area (Å²) in [6, 6.07) is 18.0. The number of fused-ring (bicyclic) bond motifs is 2. The molecule has 8 N–H and O–H groups in total. The van der Waals surface area contributed by atoms with Gasteiger partial charge in [-0.3, -0.25) is 9.11 Å². The predicted molar refractivity (Wildman–Crippen MR) is 232 cm³/mol. The van der Waals surface area contributed by atoms with Crippen molar-refractivity contribution in [3.8, 4) is 34.1 Å². The van der Waals surface area contributed by atoms with E-state index < -0.39 is 52.9 Å². The molecule has 20 heteroatoms. The Kier molecular flexibility index (Phi) is 15.8. The molecule has 0 bridgehead atoms. The molecule has 0 heterocycles. The first-order chi connectivity index (χ1) is 27.4. The van der Waals surface area contributed by atoms with E-state index in [-0.39, 0.29) is 117 Å². The van der Waals surface area contributed by atoms with E-state index in [0.29, 0.717) is 46.5 Å². The molecular weight excluding hydrogens is 835 g/mol. The predicted octanol–water partition coefficient (Wildman–Crippen LogP) is 8.99. The molecule has 0 fully saturated rings. The number of nitrogens with zero attached hydrogens (tertiary/aromatic N) is 4. The van der Waals surface area contributed by atoms with Crippen molar-refractivity contribution < 1.29 is 45.6 Å². The molecule has 60 heavy (non-hydrogen) atoms. The topological polar surface area (TPSA) is 269 Å². The van der Waals surface area contributed by atoms with Crippen molar-refractivity contribution in [2.24, 2.45) is 20.5 Å². The first-order valence-corrected chi connectivity index (χ1v) is 20.7. The first kappa shape index (κ1) is 48.3. The van der Waals surface area contributed by atoms with Gasteiger partial charge in [0.1, 0.15) is 44.0 Å². The van der Waals surface area contributed by atoms with E-state index >= 15 is 0 Å². The second kappa shape index (κ2) is 19.6. The molecule has 0 aliphatic carbocycles. The molecule has 0 amide bonds. The number of ether oxygens (including phenoxy) is 2. The van der Waals surface area contributed by atoms with Gasteiger partial charge in [0, 0.05) is 81.3 Å². The van der Waals surface area contributed by atoms with Gasteiger partial charge in [-0.2, -0.15) is 16.8 Å². The maximum absolute atomic E-state index is 12.4. The third-order valence-corrected chi connectivity index (χ3v) is 10.8. The van der Waals surface area contributed by atoms with Gasteiger partial charge in [-0.15, -0.1) is 20.5 Å². The average molecular weight is 875 g/mol. The summed E-state index contributed by atoms with van der Waals surface area (Å²) in [6.45, 7) is 8.02. The number of anilines is 2. The maximum atomic E-state index is 12.4. The maximum Gasteiger partial charge on any atom is 0.296 e. The van der Waals surface area contributed by atoms with E-state index in [4.69, 9.17) is 20.9 Å². The summed E-state index contributed by atoms with van der Waals surface area (Å²) in [5.74, 6) is -0.502. The molecule has 0 atom stereocenters. The zero-order chi connectivity index (χ0) is 42.1. The van der Waals surface area contributed by atoms with Gasteiger partial charge in [0.05, 0.1) is 13.2 Å². The van der Waals surface area contributed by atoms with Crippen LogP contribution in [0.25, 0.3) is 32.7 Å². The van der Waals surface area contributed by atoms with E-state index in [9.17, 15) is 36.2 Å². The number of aryl methyl sites for hydroxylation is 2. The fourth-order valence-corrected chi connectivity index (χ4v) is 7.59. The second-order valence-electron chi connectivity index (χ2n) is 13.4. The van der Waals surface area contributed by atoms with Gasteiger partial charge in [0.25, 0.3) is 20.2 Å². The minimum absolute atomic E-state index is 0. The Morgan fingerprint density at radius 2 is 0.933 bits per heavy atom. The van der Waals surface area contributed by atoms with E-state index in [0.717, 1.165) is 12.1 Å². The van der Waals surface area contributed by atoms with Crippen LogP contribution in [-0.4, -0.2) is 108 Å². The number of hydrogen-bond donors (Lipinski definition) is 6. The van der Waals surface area contributed by atoms with Crippen molar-refractivity contribution in [3.63, 3.8) is 0 Å². The van der Waals surface area contributed by atoms with E-state index in [2.05, 4.69) is 20.5 Å². The number of benzene rings is 6. The Bertz CT molecular complexity index is 2720. The summed E-state index contributed by atoms with van der Waals surface area (Å²) in [7, 11) is -9.73. The molecule has 6 aromatic rings. The molecule has 2 radical (unpaired) electrons. The smallest absolute Gasteiger partial charge is 0.296 e. The summed E-state index contributed by atoms with van der Waals surface area (Å²) in [4.78, 5) is -1.34. The third kappa shape index (κ3) is 10.4. The van der Waals surface area contributed by atoms with Gasteiger partial charge in [-0.05, 0) is 133 Å². The SMILES string of the molecule is CCCOc1cc(-c2cc(OCCC)c(N=Nc3c(S(=O)(=O)O)cc4cc(N)ccc4c3O)cc2C)c(C)cc1N=Nc1c(S(=O)(=O)O)cc2cc(N)ccc2c1O.[Na].[Na]. The van der Waals surface area contributed by atoms with Crippen molar-refractivity contribution in [2.45, 2.75) is 50.3 Å². The summed E-state index contributed by atoms with van der Waals surface area (Å²) >= 11 is 0. The quantitative estimate of drug-likeness (QED) is 0.0275. The molecule has 0 aromatic heterocycles. The molecular formula is C40H40N6Na2O10S2. The minimum Gasteiger partial charge on any atom is -0.505 e. The Balaban J connectivity index is 0.00000397. The largest absolute Gasteiger partial charge is 0.505 e. The second-order valence-corrected chi connectivity index (χ2v) is 16.2. The van der Waals surface area contributed by atoms with Crippen molar-refractivity contribution >= 4 is 135 Å². The van der Waals surface area contributed by atoms with Gasteiger partial charge in [-0.1, -0.05) is 13.8 Å². The Morgan fingerprint density at radius 3 is 1.27 bits per heavy atom. The van der Waals surface area contributed by atoms with Crippen LogP contribution in [-0.2, 0) is 20.2 Å². The zero-order valence-corrected chi connectivity index (χ0v) is 39.4. The van der Waals surface area contributed by atoms with Gasteiger partial charge in [0.2, 0.25) is 0 Å². The Labute approximate surface area is 390 Å². The van der Waals surface area contributed by atoms with Crippen LogP contribution in [0.3, 0.4) is 0 Å². The number of phenolic OH excluding ortho intramolecular Hbond substituents is 2. The Morgan fingerprint density at radius 1 is 0.567 bits per heavy atom. The molecule has 0 aliphatic rings. The molecule has 6 aromatic carbocycles. The van der Waals surface area contributed by atoms with Crippen LogP contribution in [0.2, 0.25) is 0 Å². The fraction of sp³-hybridized carbons (Fsp3) is 0.200. The fourth-order valence-electron chi connectivity index (χ4n) is 6.27. The number of hydrogen-bond acceptors (Lipinski definition) is 14. The van der Waals surface area contributed by atoms with Crippen LogP contribution in [0.4, 0.5) is 34.1 Å². The van der Waals surface area contributed by atoms with Crippen molar-refractivity contribution in [2.75, 3.05) is 24.7 Å². The molecule has 0 saturated carbocycles. The van der Waals surface area contributed by atoms with Crippen LogP contribution in [0, 0.1) is 13.8 Å². The average Bonchev–Trinajstić information content (AvgIpc) is 3.15. The van der Waals surface area contributed by atoms with Crippen LogP contribution in [0.5, 0.6) is 23.0 Å². The van der Waals surface area contributed by atoms with Crippen LogP contribution < -0.4 is 20.9 Å². The normalized spacial score (nSPS) is 11.9. The molecule has 0 saturated heterocycles. The van der Waals surface area contributed by atoms with Crippen LogP contribution in [0.1, 0.15) is 37.8 Å². The number of phenols is 2. The summed E-state index contributed by atoms with van der Waals surface area (Å²) < 4.78 is 81.9. The third-order valence-electron chi connectivity index (χ3n) is 9.05. The molecule has 304 valence electrons. The number of nitrogen functional groups attached to an aromatic ring is 2. The summed E-state index contributed by atoms with van der Waals surface area (Å²) in [6.07, 6.45) is 1.27. The number of aromatic hydroxyl groups is 2. The zero-order valence-electron chi connectivity index (χ0n) is 33.8. The molecule has 0 unspecified atom stereocenters. The minimum atomic E-state index is -4.87. The number of rotatable bonds is 13. The Hall–Kier alpha value is -4.34. The van der Waals surface area contributed by atoms with Crippen LogP contribution >= 0.6 is 0 Å². The molecule has 0 spiro atoms. The molecule has 0 aliphatic heterocycles. The van der Waals surface area contributed by atoms with E-state index in [1.54, 1.807) is 24.3 Å². The van der Waals surface area contributed by atoms with Crippen LogP contribution in [0.15, 0.2) is 103 Å². The number of nitrogens with two attached hydrogens (primary N) is 2. The van der Waals surface area contributed by atoms with E-state index in [1.165, 1.54) is 36.4 Å².